The SMILES string of the molecule is CN(C(=O)c1ccc([N+](=O)[O-])n1C)[C@H]1CNC[C@@H]1O. The summed E-state index contributed by atoms with van der Waals surface area (Å²) in [7, 11) is 3.06. The van der Waals surface area contributed by atoms with Crippen molar-refractivity contribution >= 4 is 11.7 Å². The molecule has 1 aromatic heterocycles. The Kier molecular flexibility index (Phi) is 3.54. The molecule has 1 amide bonds. The molecule has 2 N–H and O–H groups in total. The van der Waals surface area contributed by atoms with Gasteiger partial charge in [-0.15, -0.1) is 0 Å². The van der Waals surface area contributed by atoms with E-state index >= 15 is 0 Å². The Morgan fingerprint density at radius 1 is 1.58 bits per heavy atom. The quantitative estimate of drug-likeness (QED) is 0.560. The molecule has 0 bridgehead atoms. The first kappa shape index (κ1) is 13.5. The van der Waals surface area contributed by atoms with Crippen molar-refractivity contribution in [1.29, 1.82) is 0 Å². The van der Waals surface area contributed by atoms with Gasteiger partial charge in [0, 0.05) is 26.2 Å². The molecule has 1 aliphatic heterocycles. The van der Waals surface area contributed by atoms with Gasteiger partial charge < -0.3 is 25.4 Å². The van der Waals surface area contributed by atoms with Crippen LogP contribution in [0.3, 0.4) is 0 Å². The lowest BCUT2D eigenvalue weighted by molar-refractivity contribution is -0.391. The Bertz CT molecular complexity index is 513. The molecule has 0 aromatic carbocycles. The standard InChI is InChI=1S/C11H16N4O4/c1-13-7(3-4-10(13)15(18)19)11(17)14(2)8-5-12-6-9(8)16/h3-4,8-9,12,16H,5-6H2,1-2H3/t8-,9-/m0/s1. The van der Waals surface area contributed by atoms with Crippen LogP contribution >= 0.6 is 0 Å². The molecule has 1 saturated heterocycles. The zero-order valence-electron chi connectivity index (χ0n) is 10.7. The second-order valence-electron chi connectivity index (χ2n) is 4.60. The molecule has 2 heterocycles. The fraction of sp³-hybridized carbons (Fsp3) is 0.545. The fourth-order valence-electron chi connectivity index (χ4n) is 2.28. The molecule has 1 aliphatic rings. The first-order chi connectivity index (χ1) is 8.93. The van der Waals surface area contributed by atoms with Gasteiger partial charge in [0.05, 0.1) is 19.2 Å². The number of aliphatic hydroxyl groups excluding tert-OH is 1. The molecule has 0 unspecified atom stereocenters. The van der Waals surface area contributed by atoms with Gasteiger partial charge in [-0.05, 0) is 11.0 Å². The summed E-state index contributed by atoms with van der Waals surface area (Å²) in [5, 5.41) is 23.5. The number of nitrogens with zero attached hydrogens (tertiary/aromatic N) is 3. The highest BCUT2D eigenvalue weighted by molar-refractivity contribution is 5.93. The van der Waals surface area contributed by atoms with Gasteiger partial charge in [-0.2, -0.15) is 0 Å². The summed E-state index contributed by atoms with van der Waals surface area (Å²) in [5.74, 6) is -0.481. The van der Waals surface area contributed by atoms with Crippen LogP contribution in [0.1, 0.15) is 10.5 Å². The van der Waals surface area contributed by atoms with Crippen LogP contribution in [0.15, 0.2) is 12.1 Å². The molecule has 19 heavy (non-hydrogen) atoms. The molecule has 8 nitrogen and oxygen atoms in total. The van der Waals surface area contributed by atoms with E-state index in [-0.39, 0.29) is 23.5 Å². The molecule has 1 aromatic rings. The highest BCUT2D eigenvalue weighted by Gasteiger charge is 2.34. The van der Waals surface area contributed by atoms with Crippen molar-refractivity contribution < 1.29 is 14.8 Å². The molecule has 2 rings (SSSR count). The third kappa shape index (κ3) is 2.32. The summed E-state index contributed by atoms with van der Waals surface area (Å²) >= 11 is 0. The van der Waals surface area contributed by atoms with Crippen molar-refractivity contribution in [3.8, 4) is 0 Å². The van der Waals surface area contributed by atoms with Crippen LogP contribution in [-0.2, 0) is 7.05 Å². The van der Waals surface area contributed by atoms with Gasteiger partial charge in [-0.25, -0.2) is 4.57 Å². The van der Waals surface area contributed by atoms with E-state index in [9.17, 15) is 20.0 Å². The Morgan fingerprint density at radius 2 is 2.26 bits per heavy atom. The number of hydrogen-bond acceptors (Lipinski definition) is 5. The van der Waals surface area contributed by atoms with Crippen LogP contribution in [0.4, 0.5) is 5.82 Å². The average Bonchev–Trinajstić information content (AvgIpc) is 2.93. The first-order valence-corrected chi connectivity index (χ1v) is 5.89. The van der Waals surface area contributed by atoms with Gasteiger partial charge in [0.15, 0.2) is 5.69 Å². The van der Waals surface area contributed by atoms with Crippen molar-refractivity contribution in [2.75, 3.05) is 20.1 Å². The molecule has 0 saturated carbocycles. The van der Waals surface area contributed by atoms with E-state index < -0.39 is 11.0 Å². The highest BCUT2D eigenvalue weighted by atomic mass is 16.6. The largest absolute Gasteiger partial charge is 0.390 e. The molecule has 0 spiro atoms. The number of hydrogen-bond donors (Lipinski definition) is 2. The first-order valence-electron chi connectivity index (χ1n) is 5.89. The van der Waals surface area contributed by atoms with Crippen LogP contribution in [0.2, 0.25) is 0 Å². The topological polar surface area (TPSA) is 101 Å². The third-order valence-corrected chi connectivity index (χ3v) is 3.47. The van der Waals surface area contributed by atoms with Gasteiger partial charge in [0.2, 0.25) is 0 Å². The van der Waals surface area contributed by atoms with Gasteiger partial charge in [0.1, 0.15) is 0 Å². The fourth-order valence-corrected chi connectivity index (χ4v) is 2.28. The molecule has 0 radical (unpaired) electrons. The summed E-state index contributed by atoms with van der Waals surface area (Å²) in [4.78, 5) is 23.9. The lowest BCUT2D eigenvalue weighted by atomic mass is 10.2. The number of rotatable bonds is 3. The van der Waals surface area contributed by atoms with Crippen molar-refractivity contribution in [1.82, 2.24) is 14.8 Å². The van der Waals surface area contributed by atoms with E-state index in [1.54, 1.807) is 7.05 Å². The van der Waals surface area contributed by atoms with Crippen molar-refractivity contribution in [3.63, 3.8) is 0 Å². The van der Waals surface area contributed by atoms with Gasteiger partial charge in [-0.3, -0.25) is 4.79 Å². The van der Waals surface area contributed by atoms with E-state index in [0.29, 0.717) is 13.1 Å². The number of likely N-dealkylation sites (N-methyl/N-ethyl adjacent to an activating group) is 1. The van der Waals surface area contributed by atoms with Gasteiger partial charge in [-0.1, -0.05) is 0 Å². The third-order valence-electron chi connectivity index (χ3n) is 3.47. The number of β-amino-alcohol motifs (C(OH)–C–C–N with tert-alkyl or cyclic N) is 1. The Hall–Kier alpha value is -1.93. The lowest BCUT2D eigenvalue weighted by Crippen LogP contribution is -2.44. The van der Waals surface area contributed by atoms with E-state index in [2.05, 4.69) is 5.32 Å². The highest BCUT2D eigenvalue weighted by Crippen LogP contribution is 2.18. The zero-order chi connectivity index (χ0) is 14.2. The Balaban J connectivity index is 2.22. The van der Waals surface area contributed by atoms with E-state index in [4.69, 9.17) is 0 Å². The van der Waals surface area contributed by atoms with Crippen LogP contribution in [-0.4, -0.2) is 57.7 Å². The van der Waals surface area contributed by atoms with Gasteiger partial charge >= 0.3 is 5.82 Å². The van der Waals surface area contributed by atoms with E-state index in [1.807, 2.05) is 0 Å². The van der Waals surface area contributed by atoms with Crippen molar-refractivity contribution in [2.24, 2.45) is 7.05 Å². The molecule has 1 fully saturated rings. The number of aromatic nitrogens is 1. The lowest BCUT2D eigenvalue weighted by Gasteiger charge is -2.25. The van der Waals surface area contributed by atoms with Crippen LogP contribution in [0.5, 0.6) is 0 Å². The second kappa shape index (κ2) is 4.98. The number of carbonyl (C=O) groups excluding carboxylic acids is 1. The summed E-state index contributed by atoms with van der Waals surface area (Å²) in [6, 6.07) is 2.40. The number of carbonyl (C=O) groups is 1. The number of amides is 1. The minimum atomic E-state index is -0.621. The van der Waals surface area contributed by atoms with E-state index in [0.717, 1.165) is 0 Å². The Morgan fingerprint density at radius 3 is 2.74 bits per heavy atom. The normalized spacial score (nSPS) is 22.5. The predicted molar refractivity (Wildman–Crippen MR) is 66.8 cm³/mol. The van der Waals surface area contributed by atoms with Crippen LogP contribution in [0, 0.1) is 10.1 Å². The predicted octanol–water partition coefficient (Wildman–Crippen LogP) is -0.662. The summed E-state index contributed by atoms with van der Waals surface area (Å²) in [5.41, 5.74) is 0.230. The number of nitrogens with one attached hydrogen (secondary N) is 1. The molecule has 0 aliphatic carbocycles. The molecule has 104 valence electrons. The van der Waals surface area contributed by atoms with Crippen LogP contribution in [0.25, 0.3) is 0 Å². The molecular weight excluding hydrogens is 252 g/mol. The second-order valence-corrected chi connectivity index (χ2v) is 4.60. The van der Waals surface area contributed by atoms with Crippen molar-refractivity contribution in [2.45, 2.75) is 12.1 Å². The summed E-state index contributed by atoms with van der Waals surface area (Å²) < 4.78 is 1.24. The maximum Gasteiger partial charge on any atom is 0.323 e. The van der Waals surface area contributed by atoms with Crippen LogP contribution < -0.4 is 5.32 Å². The number of nitro groups is 1. The monoisotopic (exact) mass is 268 g/mol. The zero-order valence-corrected chi connectivity index (χ0v) is 10.7. The summed E-state index contributed by atoms with van der Waals surface area (Å²) in [6.45, 7) is 0.950. The molecule has 8 heteroatoms. The molecular formula is C11H16N4O4. The maximum atomic E-state index is 12.3. The van der Waals surface area contributed by atoms with Gasteiger partial charge in [0.25, 0.3) is 5.91 Å². The van der Waals surface area contributed by atoms with E-state index in [1.165, 1.54) is 28.6 Å². The minimum Gasteiger partial charge on any atom is -0.390 e. The van der Waals surface area contributed by atoms with Crippen molar-refractivity contribution in [3.05, 3.63) is 27.9 Å². The number of aliphatic hydroxyl groups is 1. The minimum absolute atomic E-state index is 0.137. The smallest absolute Gasteiger partial charge is 0.323 e. The maximum absolute atomic E-state index is 12.3. The molecule has 2 atom stereocenters. The average molecular weight is 268 g/mol. The Labute approximate surface area is 109 Å². The summed E-state index contributed by atoms with van der Waals surface area (Å²) in [6.07, 6.45) is -0.621.